The summed E-state index contributed by atoms with van der Waals surface area (Å²) < 4.78 is 0. The van der Waals surface area contributed by atoms with Gasteiger partial charge in [-0.05, 0) is 20.8 Å². The molecule has 0 unspecified atom stereocenters. The van der Waals surface area contributed by atoms with E-state index in [2.05, 4.69) is 5.48 Å². The molecule has 0 spiro atoms. The van der Waals surface area contributed by atoms with Crippen LogP contribution in [0.3, 0.4) is 0 Å². The molecule has 0 amide bonds. The maximum absolute atomic E-state index is 5.33. The van der Waals surface area contributed by atoms with Crippen molar-refractivity contribution in [2.24, 2.45) is 5.41 Å². The Balaban J connectivity index is 3.90. The Hall–Kier alpha value is -0.150. The topological polar surface area (TPSA) is 21.3 Å². The molecule has 0 aliphatic heterocycles. The second-order valence-corrected chi connectivity index (χ2v) is 5.30. The van der Waals surface area contributed by atoms with Gasteiger partial charge in [0.15, 0.2) is 0 Å². The molecular formula is C9H19NOS. The van der Waals surface area contributed by atoms with Gasteiger partial charge in [-0.2, -0.15) is 0 Å². The van der Waals surface area contributed by atoms with Crippen LogP contribution in [0.4, 0.5) is 0 Å². The van der Waals surface area contributed by atoms with E-state index in [0.717, 1.165) is 4.99 Å². The first-order chi connectivity index (χ1) is 5.13. The zero-order valence-electron chi connectivity index (χ0n) is 8.82. The van der Waals surface area contributed by atoms with Gasteiger partial charge in [-0.3, -0.25) is 10.3 Å². The van der Waals surface area contributed by atoms with Crippen molar-refractivity contribution >= 4 is 17.2 Å². The third kappa shape index (κ3) is 5.49. The van der Waals surface area contributed by atoms with Crippen LogP contribution in [0.25, 0.3) is 0 Å². The molecular weight excluding hydrogens is 170 g/mol. The van der Waals surface area contributed by atoms with Gasteiger partial charge in [0.25, 0.3) is 0 Å². The highest BCUT2D eigenvalue weighted by Crippen LogP contribution is 2.15. The SMILES string of the molecule is CC(C)(C)ONC(=S)C(C)(C)C. The van der Waals surface area contributed by atoms with E-state index >= 15 is 0 Å². The summed E-state index contributed by atoms with van der Waals surface area (Å²) in [5, 5.41) is 0. The Morgan fingerprint density at radius 2 is 1.50 bits per heavy atom. The van der Waals surface area contributed by atoms with E-state index in [1.807, 2.05) is 41.5 Å². The molecule has 1 N–H and O–H groups in total. The summed E-state index contributed by atoms with van der Waals surface area (Å²) in [6.45, 7) is 12.1. The first kappa shape index (κ1) is 11.8. The van der Waals surface area contributed by atoms with Gasteiger partial charge in [0, 0.05) is 5.41 Å². The lowest BCUT2D eigenvalue weighted by atomic mass is 9.97. The Labute approximate surface area is 80.6 Å². The van der Waals surface area contributed by atoms with Gasteiger partial charge >= 0.3 is 0 Å². The lowest BCUT2D eigenvalue weighted by molar-refractivity contribution is -0.0441. The molecule has 0 saturated heterocycles. The van der Waals surface area contributed by atoms with Crippen molar-refractivity contribution in [3.05, 3.63) is 0 Å². The van der Waals surface area contributed by atoms with E-state index in [1.54, 1.807) is 0 Å². The minimum Gasteiger partial charge on any atom is -0.270 e. The molecule has 3 heteroatoms. The van der Waals surface area contributed by atoms with Gasteiger partial charge in [0.05, 0.1) is 5.60 Å². The van der Waals surface area contributed by atoms with E-state index in [-0.39, 0.29) is 11.0 Å². The van der Waals surface area contributed by atoms with Crippen LogP contribution in [0.1, 0.15) is 41.5 Å². The standard InChI is InChI=1S/C9H19NOS/c1-8(2,3)7(12)10-11-9(4,5)6/h1-6H3,(H,10,12). The minimum absolute atomic E-state index is 0.0272. The van der Waals surface area contributed by atoms with E-state index < -0.39 is 0 Å². The molecule has 0 rings (SSSR count). The smallest absolute Gasteiger partial charge is 0.106 e. The van der Waals surface area contributed by atoms with Gasteiger partial charge in [-0.15, -0.1) is 0 Å². The zero-order chi connectivity index (χ0) is 9.99. The number of nitrogens with one attached hydrogen (secondary N) is 1. The fourth-order valence-corrected chi connectivity index (χ4v) is 0.394. The summed E-state index contributed by atoms with van der Waals surface area (Å²) in [5.41, 5.74) is 2.57. The molecule has 0 bridgehead atoms. The Kier molecular flexibility index (Phi) is 3.66. The van der Waals surface area contributed by atoms with Crippen LogP contribution >= 0.6 is 12.2 Å². The first-order valence-corrected chi connectivity index (χ1v) is 4.52. The average molecular weight is 189 g/mol. The molecule has 0 heterocycles. The molecule has 0 aromatic heterocycles. The van der Waals surface area contributed by atoms with E-state index in [1.165, 1.54) is 0 Å². The fourth-order valence-electron chi connectivity index (χ4n) is 0.353. The van der Waals surface area contributed by atoms with Crippen molar-refractivity contribution in [1.29, 1.82) is 0 Å². The average Bonchev–Trinajstić information content (AvgIpc) is 1.78. The Morgan fingerprint density at radius 1 is 1.08 bits per heavy atom. The summed E-state index contributed by atoms with van der Waals surface area (Å²) in [7, 11) is 0. The summed E-state index contributed by atoms with van der Waals surface area (Å²) in [4.78, 5) is 6.06. The molecule has 12 heavy (non-hydrogen) atoms. The van der Waals surface area contributed by atoms with Crippen molar-refractivity contribution < 1.29 is 4.84 Å². The second-order valence-electron chi connectivity index (χ2n) is 4.90. The third-order valence-corrected chi connectivity index (χ3v) is 1.83. The largest absolute Gasteiger partial charge is 0.270 e. The van der Waals surface area contributed by atoms with Crippen molar-refractivity contribution in [3.63, 3.8) is 0 Å². The lowest BCUT2D eigenvalue weighted by Gasteiger charge is -2.25. The molecule has 0 radical (unpaired) electrons. The quantitative estimate of drug-likeness (QED) is 0.506. The maximum atomic E-state index is 5.33. The molecule has 72 valence electrons. The van der Waals surface area contributed by atoms with Gasteiger partial charge < -0.3 is 0 Å². The summed E-state index contributed by atoms with van der Waals surface area (Å²) in [6, 6.07) is 0. The van der Waals surface area contributed by atoms with Crippen LogP contribution in [-0.2, 0) is 4.84 Å². The van der Waals surface area contributed by atoms with Crippen LogP contribution in [0, 0.1) is 5.41 Å². The fraction of sp³-hybridized carbons (Fsp3) is 0.889. The molecule has 0 aliphatic carbocycles. The molecule has 0 saturated carbocycles. The Morgan fingerprint density at radius 3 is 1.75 bits per heavy atom. The monoisotopic (exact) mass is 189 g/mol. The first-order valence-electron chi connectivity index (χ1n) is 4.11. The number of hydrogen-bond donors (Lipinski definition) is 1. The van der Waals surface area contributed by atoms with Crippen LogP contribution in [-0.4, -0.2) is 10.6 Å². The molecule has 2 nitrogen and oxygen atoms in total. The highest BCUT2D eigenvalue weighted by atomic mass is 32.1. The molecule has 0 fully saturated rings. The van der Waals surface area contributed by atoms with Gasteiger partial charge in [-0.25, -0.2) is 0 Å². The number of rotatable bonds is 1. The van der Waals surface area contributed by atoms with E-state index in [0.29, 0.717) is 0 Å². The van der Waals surface area contributed by atoms with Crippen molar-refractivity contribution in [2.45, 2.75) is 47.1 Å². The van der Waals surface area contributed by atoms with Crippen LogP contribution < -0.4 is 5.48 Å². The van der Waals surface area contributed by atoms with Crippen molar-refractivity contribution in [3.8, 4) is 0 Å². The molecule has 0 atom stereocenters. The Bertz CT molecular complexity index is 164. The lowest BCUT2D eigenvalue weighted by Crippen LogP contribution is -2.38. The van der Waals surface area contributed by atoms with Gasteiger partial charge in [0.1, 0.15) is 4.99 Å². The summed E-state index contributed by atoms with van der Waals surface area (Å²) >= 11 is 5.12. The minimum atomic E-state index is -0.199. The third-order valence-electron chi connectivity index (χ3n) is 1.13. The van der Waals surface area contributed by atoms with E-state index in [9.17, 15) is 0 Å². The number of thiocarbonyl (C=S) groups is 1. The predicted octanol–water partition coefficient (Wildman–Crippen LogP) is 2.68. The molecule has 0 aliphatic rings. The van der Waals surface area contributed by atoms with Crippen LogP contribution in [0.2, 0.25) is 0 Å². The zero-order valence-corrected chi connectivity index (χ0v) is 9.63. The maximum Gasteiger partial charge on any atom is 0.106 e. The highest BCUT2D eigenvalue weighted by molar-refractivity contribution is 7.80. The summed E-state index contributed by atoms with van der Waals surface area (Å²) in [6.07, 6.45) is 0. The molecule has 0 aromatic carbocycles. The second kappa shape index (κ2) is 3.71. The molecule has 0 aromatic rings. The van der Waals surface area contributed by atoms with Crippen molar-refractivity contribution in [2.75, 3.05) is 0 Å². The highest BCUT2D eigenvalue weighted by Gasteiger charge is 2.19. The van der Waals surface area contributed by atoms with Gasteiger partial charge in [0.2, 0.25) is 0 Å². The predicted molar refractivity (Wildman–Crippen MR) is 56.0 cm³/mol. The summed E-state index contributed by atoms with van der Waals surface area (Å²) in [5.74, 6) is 0. The van der Waals surface area contributed by atoms with E-state index in [4.69, 9.17) is 17.1 Å². The normalized spacial score (nSPS) is 12.8. The number of hydrogen-bond acceptors (Lipinski definition) is 2. The van der Waals surface area contributed by atoms with Gasteiger partial charge in [-0.1, -0.05) is 33.0 Å². The van der Waals surface area contributed by atoms with Crippen LogP contribution in [0.15, 0.2) is 0 Å². The number of hydroxylamine groups is 1. The van der Waals surface area contributed by atoms with Crippen molar-refractivity contribution in [1.82, 2.24) is 5.48 Å². The van der Waals surface area contributed by atoms with Crippen LogP contribution in [0.5, 0.6) is 0 Å².